The molecule has 0 saturated heterocycles. The van der Waals surface area contributed by atoms with Crippen LogP contribution >= 0.6 is 0 Å². The van der Waals surface area contributed by atoms with Crippen LogP contribution in [0.4, 0.5) is 0 Å². The number of methoxy groups -OCH3 is 1. The number of sulfone groups is 1. The van der Waals surface area contributed by atoms with Gasteiger partial charge >= 0.3 is 0 Å². The second-order valence-corrected chi connectivity index (χ2v) is 12.4. The number of ether oxygens (including phenoxy) is 2. The van der Waals surface area contributed by atoms with Crippen LogP contribution in [0, 0.1) is 0 Å². The molecule has 3 N–H and O–H groups in total. The summed E-state index contributed by atoms with van der Waals surface area (Å²) >= 11 is 0. The van der Waals surface area contributed by atoms with Gasteiger partial charge in [-0.1, -0.05) is 36.4 Å². The van der Waals surface area contributed by atoms with E-state index < -0.39 is 14.6 Å². The summed E-state index contributed by atoms with van der Waals surface area (Å²) in [6.07, 6.45) is 1.95. The predicted octanol–water partition coefficient (Wildman–Crippen LogP) is 3.52. The molecule has 0 aliphatic rings. The van der Waals surface area contributed by atoms with Gasteiger partial charge in [-0.2, -0.15) is 0 Å². The second kappa shape index (κ2) is 13.4. The monoisotopic (exact) mass is 517 g/mol. The number of aryl methyl sites for hydroxylation is 2. The number of benzene rings is 2. The minimum atomic E-state index is -3.21. The van der Waals surface area contributed by atoms with Crippen molar-refractivity contribution in [2.24, 2.45) is 10.7 Å². The van der Waals surface area contributed by atoms with Gasteiger partial charge in [0.2, 0.25) is 5.91 Å². The summed E-state index contributed by atoms with van der Waals surface area (Å²) in [5, 5.41) is 2.54. The Labute approximate surface area is 215 Å². The van der Waals surface area contributed by atoms with Crippen LogP contribution in [0.3, 0.4) is 0 Å². The van der Waals surface area contributed by atoms with E-state index in [1.165, 1.54) is 7.05 Å². The van der Waals surface area contributed by atoms with Crippen LogP contribution in [0.1, 0.15) is 44.7 Å². The minimum Gasteiger partial charge on any atom is -0.493 e. The number of rotatable bonds is 12. The third-order valence-electron chi connectivity index (χ3n) is 5.78. The maximum atomic E-state index is 12.6. The first-order chi connectivity index (χ1) is 17.0. The van der Waals surface area contributed by atoms with Gasteiger partial charge in [0.25, 0.3) is 0 Å². The summed E-state index contributed by atoms with van der Waals surface area (Å²) in [7, 11) is -0.0468. The molecule has 9 heteroatoms. The van der Waals surface area contributed by atoms with Crippen molar-refractivity contribution < 1.29 is 22.7 Å². The lowest BCUT2D eigenvalue weighted by Gasteiger charge is -2.19. The fourth-order valence-electron chi connectivity index (χ4n) is 3.44. The number of carbonyl (C=O) groups is 1. The number of nitrogens with zero attached hydrogens (tertiary/aromatic N) is 1. The van der Waals surface area contributed by atoms with Crippen LogP contribution < -0.4 is 15.8 Å². The van der Waals surface area contributed by atoms with Gasteiger partial charge in [-0.05, 0) is 56.4 Å². The molecule has 1 amide bonds. The van der Waals surface area contributed by atoms with Crippen LogP contribution in [0.15, 0.2) is 47.5 Å². The zero-order chi connectivity index (χ0) is 26.8. The Kier molecular flexibility index (Phi) is 10.9. The van der Waals surface area contributed by atoms with Crippen molar-refractivity contribution in [2.75, 3.05) is 33.1 Å². The quantitative estimate of drug-likeness (QED) is 0.253. The van der Waals surface area contributed by atoms with Gasteiger partial charge in [-0.25, -0.2) is 8.42 Å². The van der Waals surface area contributed by atoms with Crippen LogP contribution in [-0.4, -0.2) is 58.2 Å². The van der Waals surface area contributed by atoms with E-state index in [0.717, 1.165) is 28.7 Å². The third kappa shape index (κ3) is 8.95. The standard InChI is InChI=1S/C27H39N3O5S/c1-27(2,3)36(32,33)17-14-20-8-6-9-22(18-20)23-12-10-21(11-13-25(31)30-26(28)29-4)19-24(23)35-16-7-15-34-5/h6,8-10,12,18-19H,7,11,13-17H2,1-5H3,(H3,28,29,30,31). The number of guanidine groups is 1. The molecular weight excluding hydrogens is 478 g/mol. The number of nitrogens with one attached hydrogen (secondary N) is 1. The Morgan fingerprint density at radius 3 is 2.44 bits per heavy atom. The highest BCUT2D eigenvalue weighted by Gasteiger charge is 2.28. The molecule has 8 nitrogen and oxygen atoms in total. The Morgan fingerprint density at radius 1 is 1.06 bits per heavy atom. The van der Waals surface area contributed by atoms with Crippen molar-refractivity contribution in [3.8, 4) is 16.9 Å². The van der Waals surface area contributed by atoms with E-state index in [-0.39, 0.29) is 24.0 Å². The molecule has 0 saturated carbocycles. The number of carbonyl (C=O) groups excluding carboxylic acids is 1. The molecule has 0 unspecified atom stereocenters. The van der Waals surface area contributed by atoms with Gasteiger partial charge in [-0.15, -0.1) is 0 Å². The van der Waals surface area contributed by atoms with Crippen LogP contribution in [0.2, 0.25) is 0 Å². The van der Waals surface area contributed by atoms with Gasteiger partial charge in [0.15, 0.2) is 15.8 Å². The molecule has 198 valence electrons. The van der Waals surface area contributed by atoms with E-state index in [2.05, 4.69) is 10.3 Å². The smallest absolute Gasteiger partial charge is 0.226 e. The van der Waals surface area contributed by atoms with Crippen molar-refractivity contribution in [3.63, 3.8) is 0 Å². The van der Waals surface area contributed by atoms with Gasteiger partial charge in [0.1, 0.15) is 5.75 Å². The highest BCUT2D eigenvalue weighted by molar-refractivity contribution is 7.92. The summed E-state index contributed by atoms with van der Waals surface area (Å²) in [6, 6.07) is 13.8. The topological polar surface area (TPSA) is 120 Å². The van der Waals surface area contributed by atoms with Crippen LogP contribution in [-0.2, 0) is 32.2 Å². The van der Waals surface area contributed by atoms with E-state index >= 15 is 0 Å². The van der Waals surface area contributed by atoms with Crippen molar-refractivity contribution in [3.05, 3.63) is 53.6 Å². The molecule has 0 radical (unpaired) electrons. The largest absolute Gasteiger partial charge is 0.493 e. The molecule has 0 heterocycles. The SMILES string of the molecule is CN=C(N)NC(=O)CCc1ccc(-c2cccc(CCS(=O)(=O)C(C)(C)C)c2)c(OCCCOC)c1. The number of hydrogen-bond donors (Lipinski definition) is 2. The Morgan fingerprint density at radius 2 is 1.78 bits per heavy atom. The molecule has 0 aliphatic heterocycles. The van der Waals surface area contributed by atoms with Crippen LogP contribution in [0.25, 0.3) is 11.1 Å². The fourth-order valence-corrected chi connectivity index (χ4v) is 4.55. The highest BCUT2D eigenvalue weighted by atomic mass is 32.2. The molecular formula is C27H39N3O5S. The number of nitrogens with two attached hydrogens (primary N) is 1. The van der Waals surface area contributed by atoms with E-state index in [1.54, 1.807) is 27.9 Å². The van der Waals surface area contributed by atoms with Crippen molar-refractivity contribution in [2.45, 2.75) is 51.2 Å². The Balaban J connectivity index is 2.25. The molecule has 36 heavy (non-hydrogen) atoms. The lowest BCUT2D eigenvalue weighted by molar-refractivity contribution is -0.119. The Hall–Kier alpha value is -2.91. The summed E-state index contributed by atoms with van der Waals surface area (Å²) in [6.45, 7) is 6.25. The average molecular weight is 518 g/mol. The molecule has 2 aromatic carbocycles. The molecule has 0 aromatic heterocycles. The minimum absolute atomic E-state index is 0.0905. The summed E-state index contributed by atoms with van der Waals surface area (Å²) in [5.74, 6) is 0.683. The summed E-state index contributed by atoms with van der Waals surface area (Å²) in [5.41, 5.74) is 9.31. The highest BCUT2D eigenvalue weighted by Crippen LogP contribution is 2.32. The lowest BCUT2D eigenvalue weighted by Crippen LogP contribution is -2.36. The van der Waals surface area contributed by atoms with Crippen molar-refractivity contribution in [1.82, 2.24) is 5.32 Å². The number of amides is 1. The van der Waals surface area contributed by atoms with Crippen molar-refractivity contribution >= 4 is 21.7 Å². The van der Waals surface area contributed by atoms with Crippen LogP contribution in [0.5, 0.6) is 5.75 Å². The lowest BCUT2D eigenvalue weighted by atomic mass is 9.98. The van der Waals surface area contributed by atoms with E-state index in [0.29, 0.717) is 31.8 Å². The maximum absolute atomic E-state index is 12.6. The van der Waals surface area contributed by atoms with Gasteiger partial charge < -0.3 is 15.2 Å². The maximum Gasteiger partial charge on any atom is 0.226 e. The number of aliphatic imine (C=N–C) groups is 1. The first kappa shape index (κ1) is 29.3. The summed E-state index contributed by atoms with van der Waals surface area (Å²) in [4.78, 5) is 15.8. The predicted molar refractivity (Wildman–Crippen MR) is 145 cm³/mol. The molecule has 2 rings (SSSR count). The molecule has 2 aromatic rings. The third-order valence-corrected chi connectivity index (χ3v) is 8.38. The van der Waals surface area contributed by atoms with E-state index in [9.17, 15) is 13.2 Å². The number of hydrogen-bond acceptors (Lipinski definition) is 6. The average Bonchev–Trinajstić information content (AvgIpc) is 2.83. The zero-order valence-corrected chi connectivity index (χ0v) is 22.8. The normalized spacial score (nSPS) is 12.4. The van der Waals surface area contributed by atoms with Gasteiger partial charge in [-0.3, -0.25) is 15.1 Å². The zero-order valence-electron chi connectivity index (χ0n) is 22.0. The first-order valence-electron chi connectivity index (χ1n) is 12.0. The molecule has 0 fully saturated rings. The summed E-state index contributed by atoms with van der Waals surface area (Å²) < 4.78 is 35.6. The fraction of sp³-hybridized carbons (Fsp3) is 0.481. The molecule has 0 bridgehead atoms. The van der Waals surface area contributed by atoms with E-state index in [1.807, 2.05) is 42.5 Å². The van der Waals surface area contributed by atoms with Gasteiger partial charge in [0.05, 0.1) is 17.1 Å². The van der Waals surface area contributed by atoms with E-state index in [4.69, 9.17) is 15.2 Å². The first-order valence-corrected chi connectivity index (χ1v) is 13.7. The Bertz CT molecular complexity index is 1150. The molecule has 0 spiro atoms. The molecule has 0 aliphatic carbocycles. The molecule has 0 atom stereocenters. The van der Waals surface area contributed by atoms with Gasteiger partial charge in [0, 0.05) is 39.2 Å². The second-order valence-electron chi connectivity index (χ2n) is 9.56. The van der Waals surface area contributed by atoms with Crippen molar-refractivity contribution in [1.29, 1.82) is 0 Å².